The largest absolute Gasteiger partial charge is 0.342 e. The third-order valence-electron chi connectivity index (χ3n) is 3.15. The van der Waals surface area contributed by atoms with Crippen molar-refractivity contribution in [2.24, 2.45) is 11.7 Å². The van der Waals surface area contributed by atoms with Gasteiger partial charge in [-0.2, -0.15) is 0 Å². The zero-order valence-corrected chi connectivity index (χ0v) is 13.1. The third kappa shape index (κ3) is 8.76. The number of hydrogen-bond acceptors (Lipinski definition) is 2. The van der Waals surface area contributed by atoms with Gasteiger partial charge >= 0.3 is 0 Å². The van der Waals surface area contributed by atoms with Crippen LogP contribution in [0, 0.1) is 5.92 Å². The molecule has 1 atom stereocenters. The molecule has 3 nitrogen and oxygen atoms in total. The quantitative estimate of drug-likeness (QED) is 0.624. The van der Waals surface area contributed by atoms with Gasteiger partial charge in [0.2, 0.25) is 5.91 Å². The number of hydrogen-bond donors (Lipinski definition) is 1. The van der Waals surface area contributed by atoms with E-state index >= 15 is 0 Å². The number of rotatable bonds is 10. The van der Waals surface area contributed by atoms with Crippen LogP contribution >= 0.6 is 12.4 Å². The van der Waals surface area contributed by atoms with Crippen LogP contribution in [0.2, 0.25) is 0 Å². The van der Waals surface area contributed by atoms with E-state index in [0.29, 0.717) is 6.54 Å². The molecule has 0 bridgehead atoms. The van der Waals surface area contributed by atoms with Crippen molar-refractivity contribution in [3.05, 3.63) is 0 Å². The standard InChI is InChI=1S/C14H30N2O.ClH/c1-4-6-8-10-16(11-9-7-5-2)14(17)13(3)12-15;/h13H,4-12,15H2,1-3H3;1H. The number of carbonyl (C=O) groups is 1. The Morgan fingerprint density at radius 1 is 1.06 bits per heavy atom. The fraction of sp³-hybridized carbons (Fsp3) is 0.929. The van der Waals surface area contributed by atoms with Crippen LogP contribution < -0.4 is 5.73 Å². The summed E-state index contributed by atoms with van der Waals surface area (Å²) in [6.07, 6.45) is 7.04. The number of nitrogens with two attached hydrogens (primary N) is 1. The molecule has 0 aromatic heterocycles. The van der Waals surface area contributed by atoms with E-state index in [0.717, 1.165) is 25.9 Å². The van der Waals surface area contributed by atoms with Gasteiger partial charge in [0.1, 0.15) is 0 Å². The van der Waals surface area contributed by atoms with Gasteiger partial charge < -0.3 is 10.6 Å². The maximum Gasteiger partial charge on any atom is 0.226 e. The van der Waals surface area contributed by atoms with Crippen molar-refractivity contribution in [3.63, 3.8) is 0 Å². The topological polar surface area (TPSA) is 46.3 Å². The number of unbranched alkanes of at least 4 members (excludes halogenated alkanes) is 4. The fourth-order valence-corrected chi connectivity index (χ4v) is 1.85. The van der Waals surface area contributed by atoms with E-state index < -0.39 is 0 Å². The van der Waals surface area contributed by atoms with E-state index in [1.54, 1.807) is 0 Å². The van der Waals surface area contributed by atoms with Crippen molar-refractivity contribution in [2.45, 2.75) is 59.3 Å². The van der Waals surface area contributed by atoms with Crippen LogP contribution in [0.4, 0.5) is 0 Å². The zero-order chi connectivity index (χ0) is 13.1. The van der Waals surface area contributed by atoms with E-state index in [1.807, 2.05) is 11.8 Å². The second kappa shape index (κ2) is 13.2. The highest BCUT2D eigenvalue weighted by atomic mass is 35.5. The molecule has 4 heteroatoms. The predicted octanol–water partition coefficient (Wildman–Crippen LogP) is 3.21. The smallest absolute Gasteiger partial charge is 0.226 e. The molecule has 0 saturated heterocycles. The second-order valence-corrected chi connectivity index (χ2v) is 4.88. The average molecular weight is 279 g/mol. The zero-order valence-electron chi connectivity index (χ0n) is 12.3. The number of carbonyl (C=O) groups excluding carboxylic acids is 1. The molecule has 0 spiro atoms. The minimum Gasteiger partial charge on any atom is -0.342 e. The van der Waals surface area contributed by atoms with Crippen molar-refractivity contribution in [1.82, 2.24) is 4.90 Å². The summed E-state index contributed by atoms with van der Waals surface area (Å²) >= 11 is 0. The van der Waals surface area contributed by atoms with E-state index in [4.69, 9.17) is 5.73 Å². The van der Waals surface area contributed by atoms with Crippen LogP contribution in [0.25, 0.3) is 0 Å². The van der Waals surface area contributed by atoms with Crippen molar-refractivity contribution < 1.29 is 4.79 Å². The third-order valence-corrected chi connectivity index (χ3v) is 3.15. The van der Waals surface area contributed by atoms with Crippen LogP contribution in [0.5, 0.6) is 0 Å². The van der Waals surface area contributed by atoms with Gasteiger partial charge in [-0.3, -0.25) is 4.79 Å². The van der Waals surface area contributed by atoms with Gasteiger partial charge in [0.05, 0.1) is 0 Å². The molecule has 0 aliphatic carbocycles. The molecule has 0 aromatic carbocycles. The first-order chi connectivity index (χ1) is 8.17. The van der Waals surface area contributed by atoms with Crippen LogP contribution in [-0.2, 0) is 4.79 Å². The molecule has 1 amide bonds. The van der Waals surface area contributed by atoms with Gasteiger partial charge in [-0.15, -0.1) is 12.4 Å². The monoisotopic (exact) mass is 278 g/mol. The lowest BCUT2D eigenvalue weighted by Crippen LogP contribution is -2.39. The molecule has 0 fully saturated rings. The Hall–Kier alpha value is -0.280. The normalized spacial score (nSPS) is 11.8. The summed E-state index contributed by atoms with van der Waals surface area (Å²) in [5, 5.41) is 0. The summed E-state index contributed by atoms with van der Waals surface area (Å²) in [5.74, 6) is 0.206. The van der Waals surface area contributed by atoms with E-state index in [-0.39, 0.29) is 24.2 Å². The van der Waals surface area contributed by atoms with Gasteiger partial charge in [0, 0.05) is 25.6 Å². The molecule has 0 heterocycles. The van der Waals surface area contributed by atoms with E-state index in [9.17, 15) is 4.79 Å². The van der Waals surface area contributed by atoms with Gasteiger partial charge in [0.15, 0.2) is 0 Å². The minimum absolute atomic E-state index is 0. The van der Waals surface area contributed by atoms with Gasteiger partial charge in [-0.25, -0.2) is 0 Å². The van der Waals surface area contributed by atoms with Crippen molar-refractivity contribution in [2.75, 3.05) is 19.6 Å². The van der Waals surface area contributed by atoms with Crippen LogP contribution in [-0.4, -0.2) is 30.4 Å². The highest BCUT2D eigenvalue weighted by Gasteiger charge is 2.18. The molecule has 2 N–H and O–H groups in total. The molecule has 0 aliphatic rings. The summed E-state index contributed by atoms with van der Waals surface area (Å²) in [5.41, 5.74) is 5.57. The molecular weight excluding hydrogens is 248 g/mol. The van der Waals surface area contributed by atoms with Crippen LogP contribution in [0.1, 0.15) is 59.3 Å². The SMILES string of the molecule is CCCCCN(CCCCC)C(=O)C(C)CN.Cl. The second-order valence-electron chi connectivity index (χ2n) is 4.88. The molecule has 18 heavy (non-hydrogen) atoms. The Morgan fingerprint density at radius 3 is 1.83 bits per heavy atom. The lowest BCUT2D eigenvalue weighted by Gasteiger charge is -2.25. The van der Waals surface area contributed by atoms with Crippen LogP contribution in [0.15, 0.2) is 0 Å². The van der Waals surface area contributed by atoms with Gasteiger partial charge in [-0.1, -0.05) is 46.5 Å². The molecule has 0 rings (SSSR count). The summed E-state index contributed by atoms with van der Waals surface area (Å²) in [6.45, 7) is 8.56. The van der Waals surface area contributed by atoms with E-state index in [2.05, 4.69) is 13.8 Å². The molecule has 0 radical (unpaired) electrons. The Kier molecular flexibility index (Phi) is 14.7. The van der Waals surface area contributed by atoms with Crippen molar-refractivity contribution in [3.8, 4) is 0 Å². The fourth-order valence-electron chi connectivity index (χ4n) is 1.85. The Bertz CT molecular complexity index is 190. The molecule has 1 unspecified atom stereocenters. The highest BCUT2D eigenvalue weighted by Crippen LogP contribution is 2.07. The number of nitrogens with zero attached hydrogens (tertiary/aromatic N) is 1. The summed E-state index contributed by atoms with van der Waals surface area (Å²) in [7, 11) is 0. The first-order valence-corrected chi connectivity index (χ1v) is 7.16. The summed E-state index contributed by atoms with van der Waals surface area (Å²) < 4.78 is 0. The lowest BCUT2D eigenvalue weighted by molar-refractivity contribution is -0.134. The number of halogens is 1. The maximum atomic E-state index is 12.1. The van der Waals surface area contributed by atoms with Gasteiger partial charge in [-0.05, 0) is 12.8 Å². The van der Waals surface area contributed by atoms with Crippen LogP contribution in [0.3, 0.4) is 0 Å². The molecule has 110 valence electrons. The molecular formula is C14H31ClN2O. The summed E-state index contributed by atoms with van der Waals surface area (Å²) in [4.78, 5) is 14.1. The lowest BCUT2D eigenvalue weighted by atomic mass is 10.1. The molecule has 0 saturated carbocycles. The highest BCUT2D eigenvalue weighted by molar-refractivity contribution is 5.85. The Labute approximate surface area is 119 Å². The van der Waals surface area contributed by atoms with E-state index in [1.165, 1.54) is 25.7 Å². The predicted molar refractivity (Wildman–Crippen MR) is 81.1 cm³/mol. The minimum atomic E-state index is -0.0294. The average Bonchev–Trinajstić information content (AvgIpc) is 2.35. The van der Waals surface area contributed by atoms with Crippen molar-refractivity contribution >= 4 is 18.3 Å². The van der Waals surface area contributed by atoms with Gasteiger partial charge in [0.25, 0.3) is 0 Å². The molecule has 0 aliphatic heterocycles. The number of amides is 1. The molecule has 0 aromatic rings. The first kappa shape index (κ1) is 20.0. The van der Waals surface area contributed by atoms with Crippen molar-refractivity contribution in [1.29, 1.82) is 0 Å². The summed E-state index contributed by atoms with van der Waals surface area (Å²) in [6, 6.07) is 0. The maximum absolute atomic E-state index is 12.1. The Balaban J connectivity index is 0. The Morgan fingerprint density at radius 2 is 1.50 bits per heavy atom. The first-order valence-electron chi connectivity index (χ1n) is 7.16.